The average molecular weight is 331 g/mol. The number of rotatable bonds is 4. The van der Waals surface area contributed by atoms with Crippen molar-refractivity contribution >= 4 is 5.91 Å². The molecule has 3 rings (SSSR count). The largest absolute Gasteiger partial charge is 0.496 e. The van der Waals surface area contributed by atoms with Crippen molar-refractivity contribution in [2.75, 3.05) is 20.2 Å². The number of hydrogen-bond acceptors (Lipinski definition) is 4. The Morgan fingerprint density at radius 1 is 1.38 bits per heavy atom. The van der Waals surface area contributed by atoms with Crippen molar-refractivity contribution in [1.82, 2.24) is 10.2 Å². The number of benzene rings is 1. The van der Waals surface area contributed by atoms with Crippen molar-refractivity contribution in [3.8, 4) is 5.75 Å². The minimum atomic E-state index is -0.931. The predicted molar refractivity (Wildman–Crippen MR) is 95.1 cm³/mol. The molecule has 0 aromatic heterocycles. The lowest BCUT2D eigenvalue weighted by Crippen LogP contribution is -2.55. The Morgan fingerprint density at radius 3 is 2.71 bits per heavy atom. The third-order valence-electron chi connectivity index (χ3n) is 5.60. The maximum atomic E-state index is 12.9. The number of piperidine rings is 1. The number of nitrogens with two attached hydrogens (primary N) is 1. The predicted octanol–water partition coefficient (Wildman–Crippen LogP) is 1.78. The average Bonchev–Trinajstić information content (AvgIpc) is 2.94. The molecule has 1 heterocycles. The molecule has 1 amide bonds. The monoisotopic (exact) mass is 331 g/mol. The zero-order chi connectivity index (χ0) is 17.3. The van der Waals surface area contributed by atoms with Crippen molar-refractivity contribution in [3.05, 3.63) is 29.3 Å². The van der Waals surface area contributed by atoms with Gasteiger partial charge in [0.1, 0.15) is 11.3 Å². The molecule has 5 heteroatoms. The highest BCUT2D eigenvalue weighted by Crippen LogP contribution is 2.40. The topological polar surface area (TPSA) is 67.6 Å². The first-order chi connectivity index (χ1) is 11.5. The quantitative estimate of drug-likeness (QED) is 0.883. The summed E-state index contributed by atoms with van der Waals surface area (Å²) >= 11 is 0. The van der Waals surface area contributed by atoms with Crippen molar-refractivity contribution in [2.24, 2.45) is 5.73 Å². The van der Waals surface area contributed by atoms with Gasteiger partial charge in [-0.15, -0.1) is 0 Å². The van der Waals surface area contributed by atoms with Crippen LogP contribution in [0, 0.1) is 0 Å². The first-order valence-electron chi connectivity index (χ1n) is 8.96. The fourth-order valence-corrected chi connectivity index (χ4v) is 4.00. The van der Waals surface area contributed by atoms with Crippen LogP contribution in [0.15, 0.2) is 18.2 Å². The SMILES string of the molecule is COc1cccc2c1CCC2(N)C(=O)NC1CCN(C(C)C)CC1. The first kappa shape index (κ1) is 17.2. The Bertz CT molecular complexity index is 609. The van der Waals surface area contributed by atoms with E-state index in [1.165, 1.54) is 0 Å². The summed E-state index contributed by atoms with van der Waals surface area (Å²) in [5, 5.41) is 3.21. The van der Waals surface area contributed by atoms with Crippen LogP contribution in [0.25, 0.3) is 0 Å². The zero-order valence-corrected chi connectivity index (χ0v) is 15.0. The van der Waals surface area contributed by atoms with Gasteiger partial charge in [0.25, 0.3) is 0 Å². The van der Waals surface area contributed by atoms with E-state index in [1.807, 2.05) is 18.2 Å². The van der Waals surface area contributed by atoms with Crippen LogP contribution >= 0.6 is 0 Å². The molecule has 0 radical (unpaired) electrons. The second-order valence-electron chi connectivity index (χ2n) is 7.34. The molecular weight excluding hydrogens is 302 g/mol. The van der Waals surface area contributed by atoms with Gasteiger partial charge >= 0.3 is 0 Å². The lowest BCUT2D eigenvalue weighted by molar-refractivity contribution is -0.127. The Morgan fingerprint density at radius 2 is 2.08 bits per heavy atom. The fraction of sp³-hybridized carbons (Fsp3) is 0.632. The number of nitrogens with one attached hydrogen (secondary N) is 1. The van der Waals surface area contributed by atoms with Gasteiger partial charge in [-0.2, -0.15) is 0 Å². The van der Waals surface area contributed by atoms with E-state index in [4.69, 9.17) is 10.5 Å². The summed E-state index contributed by atoms with van der Waals surface area (Å²) < 4.78 is 5.42. The lowest BCUT2D eigenvalue weighted by Gasteiger charge is -2.36. The molecule has 1 atom stereocenters. The van der Waals surface area contributed by atoms with Crippen LogP contribution in [0.3, 0.4) is 0 Å². The lowest BCUT2D eigenvalue weighted by atomic mass is 9.91. The molecular formula is C19H29N3O2. The van der Waals surface area contributed by atoms with Gasteiger partial charge in [0, 0.05) is 25.2 Å². The number of methoxy groups -OCH3 is 1. The zero-order valence-electron chi connectivity index (χ0n) is 15.0. The molecule has 1 saturated heterocycles. The van der Waals surface area contributed by atoms with Crippen molar-refractivity contribution in [1.29, 1.82) is 0 Å². The van der Waals surface area contributed by atoms with Crippen LogP contribution in [-0.2, 0) is 16.8 Å². The number of likely N-dealkylation sites (tertiary alicyclic amines) is 1. The van der Waals surface area contributed by atoms with Crippen LogP contribution in [0.1, 0.15) is 44.2 Å². The van der Waals surface area contributed by atoms with E-state index in [9.17, 15) is 4.79 Å². The molecule has 3 N–H and O–H groups in total. The molecule has 132 valence electrons. The van der Waals surface area contributed by atoms with Gasteiger partial charge < -0.3 is 20.7 Å². The van der Waals surface area contributed by atoms with Gasteiger partial charge in [-0.1, -0.05) is 12.1 Å². The summed E-state index contributed by atoms with van der Waals surface area (Å²) in [6.07, 6.45) is 3.41. The fourth-order valence-electron chi connectivity index (χ4n) is 4.00. The number of carbonyl (C=O) groups is 1. The van der Waals surface area contributed by atoms with Crippen LogP contribution in [0.2, 0.25) is 0 Å². The molecule has 0 saturated carbocycles. The second kappa shape index (κ2) is 6.73. The normalized spacial score (nSPS) is 24.9. The number of hydrogen-bond donors (Lipinski definition) is 2. The minimum Gasteiger partial charge on any atom is -0.496 e. The van der Waals surface area contributed by atoms with Gasteiger partial charge in [-0.3, -0.25) is 4.79 Å². The van der Waals surface area contributed by atoms with E-state index in [1.54, 1.807) is 7.11 Å². The molecule has 2 aliphatic rings. The molecule has 5 nitrogen and oxygen atoms in total. The van der Waals surface area contributed by atoms with Gasteiger partial charge in [0.05, 0.1) is 7.11 Å². The number of ether oxygens (including phenoxy) is 1. The van der Waals surface area contributed by atoms with Crippen LogP contribution in [-0.4, -0.2) is 43.1 Å². The number of fused-ring (bicyclic) bond motifs is 1. The highest BCUT2D eigenvalue weighted by atomic mass is 16.5. The van der Waals surface area contributed by atoms with Gasteiger partial charge in [-0.05, 0) is 56.7 Å². The first-order valence-corrected chi connectivity index (χ1v) is 8.96. The van der Waals surface area contributed by atoms with Gasteiger partial charge in [0.15, 0.2) is 0 Å². The molecule has 0 bridgehead atoms. The summed E-state index contributed by atoms with van der Waals surface area (Å²) in [5.74, 6) is 0.787. The Labute approximate surface area is 144 Å². The second-order valence-corrected chi connectivity index (χ2v) is 7.34. The number of carbonyl (C=O) groups excluding carboxylic acids is 1. The van der Waals surface area contributed by atoms with Gasteiger partial charge in [0.2, 0.25) is 5.91 Å². The molecule has 1 aromatic rings. The molecule has 24 heavy (non-hydrogen) atoms. The highest BCUT2D eigenvalue weighted by molar-refractivity contribution is 5.89. The maximum absolute atomic E-state index is 12.9. The van der Waals surface area contributed by atoms with Crippen LogP contribution in [0.5, 0.6) is 5.75 Å². The van der Waals surface area contributed by atoms with E-state index in [-0.39, 0.29) is 11.9 Å². The maximum Gasteiger partial charge on any atom is 0.244 e. The highest BCUT2D eigenvalue weighted by Gasteiger charge is 2.43. The standard InChI is InChI=1S/C19H29N3O2/c1-13(2)22-11-8-14(9-12-22)21-18(23)19(20)10-7-15-16(19)5-4-6-17(15)24-3/h4-6,13-14H,7-12,20H2,1-3H3,(H,21,23). The Hall–Kier alpha value is -1.59. The smallest absolute Gasteiger partial charge is 0.244 e. The molecule has 1 fully saturated rings. The third-order valence-corrected chi connectivity index (χ3v) is 5.60. The van der Waals surface area contributed by atoms with Crippen LogP contribution < -0.4 is 15.8 Å². The molecule has 0 spiro atoms. The summed E-state index contributed by atoms with van der Waals surface area (Å²) in [6, 6.07) is 6.61. The summed E-state index contributed by atoms with van der Waals surface area (Å²) in [7, 11) is 1.66. The molecule has 1 aliphatic carbocycles. The van der Waals surface area contributed by atoms with Crippen molar-refractivity contribution in [2.45, 2.75) is 57.2 Å². The molecule has 1 aromatic carbocycles. The number of amides is 1. The molecule has 1 unspecified atom stereocenters. The molecule has 1 aliphatic heterocycles. The minimum absolute atomic E-state index is 0.0440. The van der Waals surface area contributed by atoms with E-state index >= 15 is 0 Å². The Kier molecular flexibility index (Phi) is 4.83. The van der Waals surface area contributed by atoms with Crippen molar-refractivity contribution < 1.29 is 9.53 Å². The summed E-state index contributed by atoms with van der Waals surface area (Å²) in [6.45, 7) is 6.50. The van der Waals surface area contributed by atoms with Crippen molar-refractivity contribution in [3.63, 3.8) is 0 Å². The number of nitrogens with zero attached hydrogens (tertiary/aromatic N) is 1. The van der Waals surface area contributed by atoms with E-state index in [0.717, 1.165) is 49.2 Å². The van der Waals surface area contributed by atoms with Gasteiger partial charge in [-0.25, -0.2) is 0 Å². The van der Waals surface area contributed by atoms with E-state index < -0.39 is 5.54 Å². The van der Waals surface area contributed by atoms with E-state index in [2.05, 4.69) is 24.1 Å². The third kappa shape index (κ3) is 3.03. The van der Waals surface area contributed by atoms with Crippen LogP contribution in [0.4, 0.5) is 0 Å². The summed E-state index contributed by atoms with van der Waals surface area (Å²) in [5.41, 5.74) is 7.61. The Balaban J connectivity index is 1.69. The summed E-state index contributed by atoms with van der Waals surface area (Å²) in [4.78, 5) is 15.4. The van der Waals surface area contributed by atoms with E-state index in [0.29, 0.717) is 12.5 Å².